The molecule has 1 aliphatic rings. The Kier molecular flexibility index (Phi) is 4.00. The topological polar surface area (TPSA) is 41.7 Å². The van der Waals surface area contributed by atoms with Crippen LogP contribution < -0.4 is 9.47 Å². The number of methoxy groups -OCH3 is 2. The van der Waals surface area contributed by atoms with Gasteiger partial charge in [-0.15, -0.1) is 0 Å². The molecule has 0 fully saturated rings. The zero-order valence-electron chi connectivity index (χ0n) is 12.9. The Morgan fingerprint density at radius 1 is 1.09 bits per heavy atom. The minimum absolute atomic E-state index is 0.184. The second-order valence-corrected chi connectivity index (χ2v) is 5.42. The van der Waals surface area contributed by atoms with Crippen molar-refractivity contribution in [2.24, 2.45) is 0 Å². The number of rotatable bonds is 4. The van der Waals surface area contributed by atoms with Gasteiger partial charge in [-0.25, -0.2) is 4.58 Å². The lowest BCUT2D eigenvalue weighted by Crippen LogP contribution is -2.22. The highest BCUT2D eigenvalue weighted by Gasteiger charge is 2.19. The minimum atomic E-state index is 0.184. The van der Waals surface area contributed by atoms with E-state index in [4.69, 9.17) is 9.47 Å². The Hall–Kier alpha value is -2.49. The van der Waals surface area contributed by atoms with Crippen LogP contribution in [-0.4, -0.2) is 36.7 Å². The summed E-state index contributed by atoms with van der Waals surface area (Å²) in [6.07, 6.45) is 3.04. The van der Waals surface area contributed by atoms with Gasteiger partial charge in [0.15, 0.2) is 24.3 Å². The zero-order chi connectivity index (χ0) is 15.5. The maximum atomic E-state index is 9.92. The number of hydrogen-bond acceptors (Lipinski definition) is 3. The Balaban J connectivity index is 1.82. The largest absolute Gasteiger partial charge is 0.504 e. The average molecular weight is 298 g/mol. The quantitative estimate of drug-likeness (QED) is 0.882. The van der Waals surface area contributed by atoms with E-state index in [2.05, 4.69) is 22.9 Å². The molecule has 0 saturated heterocycles. The van der Waals surface area contributed by atoms with Crippen molar-refractivity contribution in [2.75, 3.05) is 20.8 Å². The molecule has 0 atom stereocenters. The van der Waals surface area contributed by atoms with E-state index < -0.39 is 0 Å². The van der Waals surface area contributed by atoms with Crippen LogP contribution in [0.4, 0.5) is 0 Å². The maximum Gasteiger partial charge on any atom is 0.171 e. The summed E-state index contributed by atoms with van der Waals surface area (Å²) in [6.45, 7) is 1.79. The Labute approximate surface area is 130 Å². The normalized spacial score (nSPS) is 13.3. The van der Waals surface area contributed by atoms with Crippen LogP contribution in [0.15, 0.2) is 36.4 Å². The summed E-state index contributed by atoms with van der Waals surface area (Å²) in [7, 11) is 3.25. The SMILES string of the molecule is COc1ccc(C[N+]2=Cc3cc(O)c(OC)cc3CC2)cc1. The van der Waals surface area contributed by atoms with Crippen LogP contribution in [0.25, 0.3) is 0 Å². The van der Waals surface area contributed by atoms with Crippen molar-refractivity contribution in [1.29, 1.82) is 0 Å². The molecule has 1 aliphatic heterocycles. The second-order valence-electron chi connectivity index (χ2n) is 5.42. The molecular formula is C18H20NO3+. The van der Waals surface area contributed by atoms with Crippen molar-refractivity contribution < 1.29 is 19.2 Å². The Morgan fingerprint density at radius 2 is 1.86 bits per heavy atom. The molecule has 4 heteroatoms. The molecule has 4 nitrogen and oxygen atoms in total. The summed E-state index contributed by atoms with van der Waals surface area (Å²) in [4.78, 5) is 0. The van der Waals surface area contributed by atoms with Crippen molar-refractivity contribution in [3.63, 3.8) is 0 Å². The second kappa shape index (κ2) is 6.10. The van der Waals surface area contributed by atoms with Crippen LogP contribution in [0.3, 0.4) is 0 Å². The first-order valence-electron chi connectivity index (χ1n) is 7.31. The molecular weight excluding hydrogens is 278 g/mol. The van der Waals surface area contributed by atoms with Gasteiger partial charge in [0.05, 0.1) is 14.2 Å². The lowest BCUT2D eigenvalue weighted by atomic mass is 10.0. The van der Waals surface area contributed by atoms with Crippen LogP contribution in [0, 0.1) is 0 Å². The maximum absolute atomic E-state index is 9.92. The van der Waals surface area contributed by atoms with Crippen LogP contribution in [-0.2, 0) is 13.0 Å². The molecule has 3 rings (SSSR count). The van der Waals surface area contributed by atoms with Gasteiger partial charge >= 0.3 is 0 Å². The summed E-state index contributed by atoms with van der Waals surface area (Å²) in [5.41, 5.74) is 3.50. The first-order chi connectivity index (χ1) is 10.7. The third kappa shape index (κ3) is 2.91. The molecule has 2 aromatic carbocycles. The Bertz CT molecular complexity index is 705. The van der Waals surface area contributed by atoms with Crippen LogP contribution >= 0.6 is 0 Å². The lowest BCUT2D eigenvalue weighted by molar-refractivity contribution is -0.540. The fourth-order valence-corrected chi connectivity index (χ4v) is 2.74. The lowest BCUT2D eigenvalue weighted by Gasteiger charge is -2.14. The molecule has 0 aromatic heterocycles. The fraction of sp³-hybridized carbons (Fsp3) is 0.278. The number of fused-ring (bicyclic) bond motifs is 1. The number of phenolic OH excluding ortho intramolecular Hbond substituents is 1. The standard InChI is InChI=1S/C18H19NO3/c1-21-16-5-3-13(4-6-16)11-19-8-7-14-10-18(22-2)17(20)9-15(14)12-19/h3-6,9-10,12H,7-8,11H2,1-2H3/p+1. The van der Waals surface area contributed by atoms with Gasteiger partial charge in [-0.05, 0) is 42.0 Å². The minimum Gasteiger partial charge on any atom is -0.504 e. The molecule has 114 valence electrons. The molecule has 0 spiro atoms. The zero-order valence-corrected chi connectivity index (χ0v) is 12.9. The number of aromatic hydroxyl groups is 1. The summed E-state index contributed by atoms with van der Waals surface area (Å²) in [6, 6.07) is 11.8. The van der Waals surface area contributed by atoms with E-state index in [0.717, 1.165) is 30.8 Å². The molecule has 1 N–H and O–H groups in total. The average Bonchev–Trinajstić information content (AvgIpc) is 2.55. The summed E-state index contributed by atoms with van der Waals surface area (Å²) < 4.78 is 12.6. The van der Waals surface area contributed by atoms with Crippen LogP contribution in [0.1, 0.15) is 16.7 Å². The number of benzene rings is 2. The van der Waals surface area contributed by atoms with Crippen molar-refractivity contribution in [1.82, 2.24) is 0 Å². The molecule has 0 saturated carbocycles. The molecule has 2 aromatic rings. The van der Waals surface area contributed by atoms with Crippen molar-refractivity contribution >= 4 is 6.21 Å². The van der Waals surface area contributed by atoms with Gasteiger partial charge < -0.3 is 14.6 Å². The van der Waals surface area contributed by atoms with Crippen molar-refractivity contribution in [2.45, 2.75) is 13.0 Å². The number of hydrogen-bond donors (Lipinski definition) is 1. The van der Waals surface area contributed by atoms with E-state index >= 15 is 0 Å². The molecule has 22 heavy (non-hydrogen) atoms. The Morgan fingerprint density at radius 3 is 2.55 bits per heavy atom. The first kappa shape index (κ1) is 14.4. The summed E-state index contributed by atoms with van der Waals surface area (Å²) in [5, 5.41) is 9.92. The van der Waals surface area contributed by atoms with Gasteiger partial charge in [-0.2, -0.15) is 0 Å². The van der Waals surface area contributed by atoms with E-state index in [0.29, 0.717) is 5.75 Å². The fourth-order valence-electron chi connectivity index (χ4n) is 2.74. The number of nitrogens with zero attached hydrogens (tertiary/aromatic N) is 1. The smallest absolute Gasteiger partial charge is 0.171 e. The summed E-state index contributed by atoms with van der Waals surface area (Å²) in [5.74, 6) is 1.59. The van der Waals surface area contributed by atoms with Crippen molar-refractivity contribution in [3.05, 3.63) is 53.1 Å². The van der Waals surface area contributed by atoms with E-state index in [-0.39, 0.29) is 5.75 Å². The van der Waals surface area contributed by atoms with Gasteiger partial charge in [0, 0.05) is 17.5 Å². The van der Waals surface area contributed by atoms with E-state index in [9.17, 15) is 5.11 Å². The molecule has 0 amide bonds. The highest BCUT2D eigenvalue weighted by molar-refractivity contribution is 5.80. The van der Waals surface area contributed by atoms with Gasteiger partial charge in [0.1, 0.15) is 12.3 Å². The number of ether oxygens (including phenoxy) is 2. The van der Waals surface area contributed by atoms with Gasteiger partial charge in [0.25, 0.3) is 0 Å². The van der Waals surface area contributed by atoms with Crippen LogP contribution in [0.2, 0.25) is 0 Å². The number of phenols is 1. The molecule has 0 aliphatic carbocycles. The highest BCUT2D eigenvalue weighted by Crippen LogP contribution is 2.30. The predicted molar refractivity (Wildman–Crippen MR) is 85.4 cm³/mol. The van der Waals surface area contributed by atoms with E-state index in [1.807, 2.05) is 18.2 Å². The van der Waals surface area contributed by atoms with Crippen molar-refractivity contribution in [3.8, 4) is 17.2 Å². The molecule has 0 unspecified atom stereocenters. The predicted octanol–water partition coefficient (Wildman–Crippen LogP) is 2.60. The third-order valence-corrected chi connectivity index (χ3v) is 3.98. The van der Waals surface area contributed by atoms with Gasteiger partial charge in [-0.1, -0.05) is 0 Å². The van der Waals surface area contributed by atoms with Crippen LogP contribution in [0.5, 0.6) is 17.2 Å². The van der Waals surface area contributed by atoms with E-state index in [1.165, 1.54) is 11.1 Å². The monoisotopic (exact) mass is 298 g/mol. The van der Waals surface area contributed by atoms with E-state index in [1.54, 1.807) is 20.3 Å². The molecule has 1 heterocycles. The molecule has 0 bridgehead atoms. The van der Waals surface area contributed by atoms with Gasteiger partial charge in [0.2, 0.25) is 0 Å². The third-order valence-electron chi connectivity index (χ3n) is 3.98. The first-order valence-corrected chi connectivity index (χ1v) is 7.31. The van der Waals surface area contributed by atoms with Gasteiger partial charge in [-0.3, -0.25) is 0 Å². The highest BCUT2D eigenvalue weighted by atomic mass is 16.5. The summed E-state index contributed by atoms with van der Waals surface area (Å²) >= 11 is 0. The molecule has 0 radical (unpaired) electrons.